The highest BCUT2D eigenvalue weighted by atomic mass is 31.2. The summed E-state index contributed by atoms with van der Waals surface area (Å²) >= 11 is 0. The van der Waals surface area contributed by atoms with E-state index in [2.05, 4.69) is 18.2 Å². The second-order valence-corrected chi connectivity index (χ2v) is 12.3. The SMILES string of the molecule is C=C1NC(=O)C(CO)=CN1[C@@H]1O[C@H](/C=C/P(=O)(O)CP(=C)(C)O)C(O)[C@@H]1O. The number of ether oxygens (including phenoxy) is 1. The third-order valence-corrected chi connectivity index (χ3v) is 8.59. The Labute approximate surface area is 156 Å². The van der Waals surface area contributed by atoms with Crippen LogP contribution in [0.3, 0.4) is 0 Å². The van der Waals surface area contributed by atoms with Gasteiger partial charge in [0, 0.05) is 13.3 Å². The van der Waals surface area contributed by atoms with Gasteiger partial charge >= 0.3 is 0 Å². The van der Waals surface area contributed by atoms with Gasteiger partial charge in [0.05, 0.1) is 18.1 Å². The fourth-order valence-electron chi connectivity index (χ4n) is 2.70. The van der Waals surface area contributed by atoms with Crippen molar-refractivity contribution in [2.75, 3.05) is 19.2 Å². The number of amides is 1. The second kappa shape index (κ2) is 8.03. The minimum absolute atomic E-state index is 0.00758. The smallest absolute Gasteiger partial charge is 0.256 e. The molecular formula is C15H24N2O8P2. The van der Waals surface area contributed by atoms with Gasteiger partial charge in [0.2, 0.25) is 7.37 Å². The predicted octanol–water partition coefficient (Wildman–Crippen LogP) is -1.06. The molecule has 0 aromatic rings. The first kappa shape index (κ1) is 22.1. The lowest BCUT2D eigenvalue weighted by atomic mass is 10.1. The second-order valence-electron chi connectivity index (χ2n) is 6.67. The minimum Gasteiger partial charge on any atom is -0.391 e. The Bertz CT molecular complexity index is 774. The van der Waals surface area contributed by atoms with Crippen molar-refractivity contribution in [2.45, 2.75) is 24.5 Å². The minimum atomic E-state index is -3.85. The molecular weight excluding hydrogens is 398 g/mol. The molecule has 0 aromatic heterocycles. The van der Waals surface area contributed by atoms with Gasteiger partial charge in [-0.25, -0.2) is 0 Å². The Hall–Kier alpha value is -1.22. The van der Waals surface area contributed by atoms with Crippen LogP contribution in [-0.2, 0) is 14.1 Å². The summed E-state index contributed by atoms with van der Waals surface area (Å²) in [5.41, 5.74) is 0.00758. The number of nitrogens with zero attached hydrogens (tertiary/aromatic N) is 1. The highest BCUT2D eigenvalue weighted by molar-refractivity contribution is 7.81. The van der Waals surface area contributed by atoms with Crippen LogP contribution < -0.4 is 5.32 Å². The summed E-state index contributed by atoms with van der Waals surface area (Å²) in [6, 6.07) is 0. The van der Waals surface area contributed by atoms with Crippen molar-refractivity contribution in [3.63, 3.8) is 0 Å². The van der Waals surface area contributed by atoms with Crippen LogP contribution in [0.1, 0.15) is 0 Å². The lowest BCUT2D eigenvalue weighted by Gasteiger charge is -2.34. The van der Waals surface area contributed by atoms with Gasteiger partial charge in [-0.1, -0.05) is 12.9 Å². The number of carbonyl (C=O) groups excluding carboxylic acids is 1. The molecule has 10 nitrogen and oxygen atoms in total. The average Bonchev–Trinajstić information content (AvgIpc) is 2.79. The molecule has 2 aliphatic heterocycles. The largest absolute Gasteiger partial charge is 0.391 e. The van der Waals surface area contributed by atoms with Crippen LogP contribution in [0.15, 0.2) is 36.1 Å². The fraction of sp³-hybridized carbons (Fsp3) is 0.467. The zero-order chi connectivity index (χ0) is 20.6. The van der Waals surface area contributed by atoms with Crippen LogP contribution in [0.25, 0.3) is 0 Å². The number of carbonyl (C=O) groups is 1. The number of hydrogen-bond donors (Lipinski definition) is 6. The molecule has 3 unspecified atom stereocenters. The topological polar surface area (TPSA) is 160 Å². The summed E-state index contributed by atoms with van der Waals surface area (Å²) in [5.74, 6) is 0.0807. The molecule has 0 spiro atoms. The van der Waals surface area contributed by atoms with E-state index in [1.807, 2.05) is 0 Å². The van der Waals surface area contributed by atoms with Crippen LogP contribution in [0.4, 0.5) is 0 Å². The zero-order valence-electron chi connectivity index (χ0n) is 14.7. The summed E-state index contributed by atoms with van der Waals surface area (Å²) < 4.78 is 17.7. The quantitative estimate of drug-likeness (QED) is 0.293. The maximum Gasteiger partial charge on any atom is 0.256 e. The van der Waals surface area contributed by atoms with E-state index >= 15 is 0 Å². The van der Waals surface area contributed by atoms with E-state index < -0.39 is 51.5 Å². The highest BCUT2D eigenvalue weighted by Crippen LogP contribution is 2.55. The summed E-state index contributed by atoms with van der Waals surface area (Å²) in [6.07, 6.45) is 0.749. The van der Waals surface area contributed by atoms with E-state index in [0.29, 0.717) is 0 Å². The molecule has 2 heterocycles. The van der Waals surface area contributed by atoms with Crippen molar-refractivity contribution < 1.29 is 39.2 Å². The molecule has 1 saturated heterocycles. The summed E-state index contributed by atoms with van der Waals surface area (Å²) in [6.45, 7) is 4.48. The molecule has 0 bridgehead atoms. The molecule has 0 aromatic carbocycles. The van der Waals surface area contributed by atoms with Crippen molar-refractivity contribution in [3.8, 4) is 0 Å². The van der Waals surface area contributed by atoms with E-state index in [1.54, 1.807) is 0 Å². The van der Waals surface area contributed by atoms with Crippen molar-refractivity contribution in [1.29, 1.82) is 0 Å². The molecule has 12 heteroatoms. The van der Waals surface area contributed by atoms with E-state index in [4.69, 9.17) is 4.74 Å². The predicted molar refractivity (Wildman–Crippen MR) is 101 cm³/mol. The molecule has 0 aliphatic carbocycles. The molecule has 0 saturated carbocycles. The maximum atomic E-state index is 12.1. The standard InChI is InChI=1S/C15H24N2O8P2/c1-9-16-14(21)10(7-18)6-17(9)15-13(20)12(19)11(25-15)4-5-27(23,24)8-26(2,3)22/h4-6,11-13,15,18-20,22H,1-2,7-8H2,3H3,(H,16,21)(H,23,24)/b5-4+/t11-,12?,13+,15-,26?/m1/s1. The van der Waals surface area contributed by atoms with E-state index in [1.165, 1.54) is 17.8 Å². The average molecular weight is 422 g/mol. The first-order valence-corrected chi connectivity index (χ1v) is 12.4. The molecule has 27 heavy (non-hydrogen) atoms. The highest BCUT2D eigenvalue weighted by Gasteiger charge is 2.45. The van der Waals surface area contributed by atoms with Crippen LogP contribution in [0.5, 0.6) is 0 Å². The van der Waals surface area contributed by atoms with Gasteiger partial charge in [0.15, 0.2) is 6.23 Å². The number of nitrogens with one attached hydrogen (secondary N) is 1. The monoisotopic (exact) mass is 422 g/mol. The van der Waals surface area contributed by atoms with Crippen LogP contribution >= 0.6 is 14.5 Å². The molecule has 152 valence electrons. The van der Waals surface area contributed by atoms with E-state index in [9.17, 15) is 34.5 Å². The number of hydrogen-bond acceptors (Lipinski definition) is 8. The molecule has 6 N–H and O–H groups in total. The third kappa shape index (κ3) is 5.40. The van der Waals surface area contributed by atoms with Gasteiger partial charge in [-0.2, -0.15) is 0 Å². The summed E-state index contributed by atoms with van der Waals surface area (Å²) in [5, 5.41) is 32.1. The van der Waals surface area contributed by atoms with Crippen molar-refractivity contribution in [1.82, 2.24) is 10.2 Å². The zero-order valence-corrected chi connectivity index (χ0v) is 16.5. The van der Waals surface area contributed by atoms with Crippen molar-refractivity contribution >= 4 is 26.7 Å². The molecule has 6 atom stereocenters. The Balaban J connectivity index is 2.18. The van der Waals surface area contributed by atoms with Crippen LogP contribution in [0, 0.1) is 0 Å². The van der Waals surface area contributed by atoms with Gasteiger partial charge in [0.1, 0.15) is 24.1 Å². The third-order valence-electron chi connectivity index (χ3n) is 3.89. The summed E-state index contributed by atoms with van der Waals surface area (Å²) in [7, 11) is -6.59. The molecule has 0 radical (unpaired) electrons. The van der Waals surface area contributed by atoms with Gasteiger partial charge in [-0.15, -0.1) is 0 Å². The Kier molecular flexibility index (Phi) is 6.56. The fourth-order valence-corrected chi connectivity index (χ4v) is 7.01. The van der Waals surface area contributed by atoms with E-state index in [0.717, 1.165) is 11.9 Å². The lowest BCUT2D eigenvalue weighted by molar-refractivity contribution is -0.119. The van der Waals surface area contributed by atoms with Gasteiger partial charge in [-0.05, 0) is 18.6 Å². The van der Waals surface area contributed by atoms with Gasteiger partial charge in [0.25, 0.3) is 5.91 Å². The molecule has 1 fully saturated rings. The first-order chi connectivity index (χ1) is 12.3. The molecule has 2 rings (SSSR count). The number of rotatable bonds is 6. The number of aliphatic hydroxyl groups excluding tert-OH is 3. The Morgan fingerprint density at radius 1 is 1.37 bits per heavy atom. The first-order valence-electron chi connectivity index (χ1n) is 7.90. The maximum absolute atomic E-state index is 12.1. The molecule has 1 amide bonds. The Morgan fingerprint density at radius 2 is 2.00 bits per heavy atom. The Morgan fingerprint density at radius 3 is 2.56 bits per heavy atom. The van der Waals surface area contributed by atoms with Crippen molar-refractivity contribution in [3.05, 3.63) is 36.1 Å². The molecule has 2 aliphatic rings. The summed E-state index contributed by atoms with van der Waals surface area (Å²) in [4.78, 5) is 32.5. The number of aliphatic hydroxyl groups is 3. The van der Waals surface area contributed by atoms with Crippen molar-refractivity contribution in [2.24, 2.45) is 0 Å². The van der Waals surface area contributed by atoms with E-state index in [-0.39, 0.29) is 17.3 Å². The van der Waals surface area contributed by atoms with Crippen LogP contribution in [0.2, 0.25) is 0 Å². The van der Waals surface area contributed by atoms with Crippen LogP contribution in [-0.4, -0.2) is 85.9 Å². The lowest BCUT2D eigenvalue weighted by Crippen LogP contribution is -2.48. The van der Waals surface area contributed by atoms with Gasteiger partial charge < -0.3 is 40.1 Å². The van der Waals surface area contributed by atoms with Gasteiger partial charge in [-0.3, -0.25) is 9.36 Å². The normalized spacial score (nSPS) is 33.6.